The smallest absolute Gasteiger partial charge is 0.238 e. The second-order valence-electron chi connectivity index (χ2n) is 10.9. The molecule has 0 fully saturated rings. The van der Waals surface area contributed by atoms with Crippen LogP contribution in [0.4, 0.5) is 0 Å². The summed E-state index contributed by atoms with van der Waals surface area (Å²) >= 11 is 0. The molecule has 0 aliphatic carbocycles. The maximum absolute atomic E-state index is 6.36. The van der Waals surface area contributed by atoms with Crippen LogP contribution in [-0.4, -0.2) is 19.5 Å². The molecule has 206 valence electrons. The van der Waals surface area contributed by atoms with Gasteiger partial charge in [0.15, 0.2) is 11.6 Å². The van der Waals surface area contributed by atoms with E-state index in [4.69, 9.17) is 19.4 Å². The van der Waals surface area contributed by atoms with Gasteiger partial charge in [0.25, 0.3) is 0 Å². The Kier molecular flexibility index (Phi) is 5.43. The number of hydrogen-bond donors (Lipinski definition) is 0. The van der Waals surface area contributed by atoms with E-state index in [0.717, 1.165) is 60.4 Å². The molecule has 0 saturated heterocycles. The number of furan rings is 1. The van der Waals surface area contributed by atoms with Crippen LogP contribution in [0.3, 0.4) is 0 Å². The van der Waals surface area contributed by atoms with Gasteiger partial charge < -0.3 is 4.42 Å². The summed E-state index contributed by atoms with van der Waals surface area (Å²) in [5.74, 6) is 1.77. The quantitative estimate of drug-likeness (QED) is 0.213. The Bertz CT molecular complexity index is 2440. The van der Waals surface area contributed by atoms with E-state index < -0.39 is 0 Å². The fraction of sp³-hybridized carbons (Fsp3) is 0. The van der Waals surface area contributed by atoms with E-state index in [0.29, 0.717) is 17.6 Å². The molecule has 0 aliphatic rings. The van der Waals surface area contributed by atoms with Crippen molar-refractivity contribution in [2.24, 2.45) is 0 Å². The fourth-order valence-corrected chi connectivity index (χ4v) is 6.17. The van der Waals surface area contributed by atoms with Crippen molar-refractivity contribution in [1.82, 2.24) is 19.5 Å². The molecule has 3 heterocycles. The summed E-state index contributed by atoms with van der Waals surface area (Å²) in [5.41, 5.74) is 7.87. The van der Waals surface area contributed by atoms with Crippen LogP contribution in [0.25, 0.3) is 83.6 Å². The zero-order chi connectivity index (χ0) is 29.0. The second-order valence-corrected chi connectivity index (χ2v) is 10.9. The average molecular weight is 565 g/mol. The number of hydrogen-bond acceptors (Lipinski definition) is 4. The third kappa shape index (κ3) is 3.91. The summed E-state index contributed by atoms with van der Waals surface area (Å²) < 4.78 is 8.49. The van der Waals surface area contributed by atoms with Gasteiger partial charge in [0.05, 0.1) is 11.0 Å². The third-order valence-corrected chi connectivity index (χ3v) is 8.27. The Hall–Kier alpha value is -6.07. The van der Waals surface area contributed by atoms with Crippen LogP contribution >= 0.6 is 0 Å². The van der Waals surface area contributed by atoms with Crippen LogP contribution in [-0.2, 0) is 0 Å². The van der Waals surface area contributed by atoms with Crippen molar-refractivity contribution in [3.05, 3.63) is 146 Å². The molecule has 9 rings (SSSR count). The summed E-state index contributed by atoms with van der Waals surface area (Å²) in [5, 5.41) is 4.45. The van der Waals surface area contributed by atoms with Gasteiger partial charge >= 0.3 is 0 Å². The summed E-state index contributed by atoms with van der Waals surface area (Å²) in [7, 11) is 0. The number of nitrogens with zero attached hydrogens (tertiary/aromatic N) is 4. The Morgan fingerprint density at radius 3 is 1.68 bits per heavy atom. The molecule has 0 aliphatic heterocycles. The molecule has 0 N–H and O–H groups in total. The monoisotopic (exact) mass is 564 g/mol. The van der Waals surface area contributed by atoms with Crippen LogP contribution in [0.1, 0.15) is 0 Å². The minimum absolute atomic E-state index is 0.573. The van der Waals surface area contributed by atoms with Gasteiger partial charge in [-0.3, -0.25) is 4.57 Å². The van der Waals surface area contributed by atoms with E-state index in [1.807, 2.05) is 48.5 Å². The van der Waals surface area contributed by atoms with E-state index in [9.17, 15) is 0 Å². The predicted molar refractivity (Wildman–Crippen MR) is 178 cm³/mol. The lowest BCUT2D eigenvalue weighted by Gasteiger charge is -2.10. The van der Waals surface area contributed by atoms with Crippen molar-refractivity contribution in [2.45, 2.75) is 0 Å². The topological polar surface area (TPSA) is 56.7 Å². The summed E-state index contributed by atoms with van der Waals surface area (Å²) in [6.45, 7) is 0. The number of aromatic nitrogens is 4. The number of fused-ring (bicyclic) bond motifs is 6. The average Bonchev–Trinajstić information content (AvgIpc) is 3.64. The highest BCUT2D eigenvalue weighted by Crippen LogP contribution is 2.36. The molecular weight excluding hydrogens is 540 g/mol. The van der Waals surface area contributed by atoms with Crippen LogP contribution < -0.4 is 0 Å². The standard InChI is InChI=1S/C39H24N4O/c1-3-11-25(12-4-1)27-20-22-35-32(23-27)31-21-19-28(24-36(31)44-35)38-40-37(26-13-5-2-6-14-26)41-39(42-38)43-33-17-9-7-15-29(33)30-16-8-10-18-34(30)43/h1-24H. The van der Waals surface area contributed by atoms with Gasteiger partial charge in [-0.1, -0.05) is 109 Å². The van der Waals surface area contributed by atoms with Crippen molar-refractivity contribution >= 4 is 43.7 Å². The minimum atomic E-state index is 0.573. The van der Waals surface area contributed by atoms with E-state index >= 15 is 0 Å². The fourth-order valence-electron chi connectivity index (χ4n) is 6.17. The Morgan fingerprint density at radius 2 is 0.977 bits per heavy atom. The van der Waals surface area contributed by atoms with Gasteiger partial charge in [0, 0.05) is 32.7 Å². The highest BCUT2D eigenvalue weighted by Gasteiger charge is 2.18. The first-order valence-corrected chi connectivity index (χ1v) is 14.6. The lowest BCUT2D eigenvalue weighted by Crippen LogP contribution is -2.06. The van der Waals surface area contributed by atoms with E-state index in [-0.39, 0.29) is 0 Å². The summed E-state index contributed by atoms with van der Waals surface area (Å²) in [6, 6.07) is 49.8. The van der Waals surface area contributed by atoms with Crippen LogP contribution in [0.5, 0.6) is 0 Å². The summed E-state index contributed by atoms with van der Waals surface area (Å²) in [4.78, 5) is 15.1. The highest BCUT2D eigenvalue weighted by molar-refractivity contribution is 6.09. The van der Waals surface area contributed by atoms with Crippen molar-refractivity contribution in [1.29, 1.82) is 0 Å². The maximum Gasteiger partial charge on any atom is 0.238 e. The molecule has 9 aromatic rings. The molecule has 6 aromatic carbocycles. The second kappa shape index (κ2) is 9.75. The summed E-state index contributed by atoms with van der Waals surface area (Å²) in [6.07, 6.45) is 0. The molecule has 5 nitrogen and oxygen atoms in total. The van der Waals surface area contributed by atoms with E-state index in [1.165, 1.54) is 5.56 Å². The molecule has 0 spiro atoms. The van der Waals surface area contributed by atoms with Crippen LogP contribution in [0, 0.1) is 0 Å². The van der Waals surface area contributed by atoms with Crippen molar-refractivity contribution in [3.63, 3.8) is 0 Å². The van der Waals surface area contributed by atoms with Gasteiger partial charge in [0.1, 0.15) is 11.2 Å². The van der Waals surface area contributed by atoms with Crippen molar-refractivity contribution in [2.75, 3.05) is 0 Å². The minimum Gasteiger partial charge on any atom is -0.456 e. The molecule has 0 radical (unpaired) electrons. The highest BCUT2D eigenvalue weighted by atomic mass is 16.3. The molecule has 0 unspecified atom stereocenters. The molecule has 5 heteroatoms. The first-order chi connectivity index (χ1) is 21.8. The lowest BCUT2D eigenvalue weighted by atomic mass is 10.0. The van der Waals surface area contributed by atoms with Gasteiger partial charge in [-0.2, -0.15) is 9.97 Å². The Balaban J connectivity index is 1.25. The van der Waals surface area contributed by atoms with Gasteiger partial charge in [-0.15, -0.1) is 0 Å². The Morgan fingerprint density at radius 1 is 0.386 bits per heavy atom. The zero-order valence-corrected chi connectivity index (χ0v) is 23.6. The van der Waals surface area contributed by atoms with Gasteiger partial charge in [-0.05, 0) is 47.5 Å². The molecule has 0 amide bonds. The number of benzene rings is 6. The first kappa shape index (κ1) is 24.5. The first-order valence-electron chi connectivity index (χ1n) is 14.6. The number of para-hydroxylation sites is 2. The van der Waals surface area contributed by atoms with Crippen LogP contribution in [0.2, 0.25) is 0 Å². The number of rotatable bonds is 4. The maximum atomic E-state index is 6.36. The zero-order valence-electron chi connectivity index (χ0n) is 23.6. The Labute approximate surface area is 252 Å². The normalized spacial score (nSPS) is 11.6. The largest absolute Gasteiger partial charge is 0.456 e. The van der Waals surface area contributed by atoms with Crippen molar-refractivity contribution < 1.29 is 4.42 Å². The van der Waals surface area contributed by atoms with E-state index in [2.05, 4.69) is 102 Å². The molecule has 3 aromatic heterocycles. The molecule has 0 saturated carbocycles. The van der Waals surface area contributed by atoms with Gasteiger partial charge in [-0.25, -0.2) is 4.98 Å². The lowest BCUT2D eigenvalue weighted by molar-refractivity contribution is 0.669. The predicted octanol–water partition coefficient (Wildman–Crippen LogP) is 9.87. The SMILES string of the molecule is c1ccc(-c2ccc3oc4cc(-c5nc(-c6ccccc6)nc(-n6c7ccccc7c7ccccc76)n5)ccc4c3c2)cc1. The van der Waals surface area contributed by atoms with E-state index in [1.54, 1.807) is 0 Å². The molecule has 0 bridgehead atoms. The molecule has 0 atom stereocenters. The third-order valence-electron chi connectivity index (χ3n) is 8.27. The van der Waals surface area contributed by atoms with Crippen molar-refractivity contribution in [3.8, 4) is 39.9 Å². The molecule has 44 heavy (non-hydrogen) atoms. The van der Waals surface area contributed by atoms with Crippen LogP contribution in [0.15, 0.2) is 150 Å². The van der Waals surface area contributed by atoms with Gasteiger partial charge in [0.2, 0.25) is 5.95 Å². The molecular formula is C39H24N4O.